The van der Waals surface area contributed by atoms with Gasteiger partial charge in [0.2, 0.25) is 11.9 Å². The van der Waals surface area contributed by atoms with Crippen molar-refractivity contribution < 1.29 is 14.3 Å². The third-order valence-electron chi connectivity index (χ3n) is 8.06. The number of benzene rings is 2. The number of ether oxygens (including phenoxy) is 1. The highest BCUT2D eigenvalue weighted by atomic mass is 35.5. The molecule has 13 heteroatoms. The smallest absolute Gasteiger partial charge is 0.250 e. The highest BCUT2D eigenvalue weighted by Crippen LogP contribution is 2.39. The van der Waals surface area contributed by atoms with E-state index in [9.17, 15) is 9.59 Å². The van der Waals surface area contributed by atoms with Crippen LogP contribution in [0.25, 0.3) is 0 Å². The van der Waals surface area contributed by atoms with Gasteiger partial charge in [-0.3, -0.25) is 14.5 Å². The number of primary amides is 1. The van der Waals surface area contributed by atoms with Crippen molar-refractivity contribution in [2.24, 2.45) is 5.73 Å². The van der Waals surface area contributed by atoms with E-state index in [4.69, 9.17) is 22.1 Å². The number of methoxy groups -OCH3 is 1. The minimum atomic E-state index is -0.584. The SMILES string of the molecule is C=CC(=O)Nc1cc(Nc2ncc(Cl)c(Nc3ccccc3C(N)=O)n2)c(OC)cc1N1CCN(C2CCN(C)CC2)CC1. The first-order valence-electron chi connectivity index (χ1n) is 14.5. The molecule has 0 saturated carbocycles. The van der Waals surface area contributed by atoms with Gasteiger partial charge in [-0.05, 0) is 57.3 Å². The van der Waals surface area contributed by atoms with Crippen LogP contribution in [0.1, 0.15) is 23.2 Å². The van der Waals surface area contributed by atoms with E-state index in [0.717, 1.165) is 45.0 Å². The molecule has 0 atom stereocenters. The summed E-state index contributed by atoms with van der Waals surface area (Å²) in [5.41, 5.74) is 8.27. The number of piperidine rings is 1. The van der Waals surface area contributed by atoms with Gasteiger partial charge in [-0.15, -0.1) is 0 Å². The summed E-state index contributed by atoms with van der Waals surface area (Å²) in [4.78, 5) is 40.4. The Kier molecular flexibility index (Phi) is 9.83. The summed E-state index contributed by atoms with van der Waals surface area (Å²) < 4.78 is 5.77. The predicted molar refractivity (Wildman–Crippen MR) is 175 cm³/mol. The highest BCUT2D eigenvalue weighted by Gasteiger charge is 2.28. The molecule has 44 heavy (non-hydrogen) atoms. The van der Waals surface area contributed by atoms with Crippen LogP contribution in [0.5, 0.6) is 5.75 Å². The van der Waals surface area contributed by atoms with E-state index in [0.29, 0.717) is 34.4 Å². The van der Waals surface area contributed by atoms with Crippen LogP contribution in [-0.2, 0) is 4.79 Å². The number of hydrogen-bond donors (Lipinski definition) is 4. The van der Waals surface area contributed by atoms with E-state index in [2.05, 4.69) is 54.2 Å². The molecule has 2 aliphatic rings. The number of piperazine rings is 1. The first kappa shape index (κ1) is 31.0. The minimum Gasteiger partial charge on any atom is -0.494 e. The molecule has 3 heterocycles. The van der Waals surface area contributed by atoms with Crippen molar-refractivity contribution in [2.75, 3.05) is 74.3 Å². The summed E-state index contributed by atoms with van der Waals surface area (Å²) in [5, 5.41) is 9.45. The molecule has 5 rings (SSSR count). The lowest BCUT2D eigenvalue weighted by molar-refractivity contribution is -0.111. The van der Waals surface area contributed by atoms with E-state index in [1.807, 2.05) is 6.07 Å². The largest absolute Gasteiger partial charge is 0.494 e. The second-order valence-electron chi connectivity index (χ2n) is 10.9. The van der Waals surface area contributed by atoms with Gasteiger partial charge in [0.25, 0.3) is 5.91 Å². The molecule has 3 aromatic rings. The predicted octanol–water partition coefficient (Wildman–Crippen LogP) is 4.07. The van der Waals surface area contributed by atoms with Crippen molar-refractivity contribution in [1.29, 1.82) is 0 Å². The molecule has 0 aliphatic carbocycles. The number of rotatable bonds is 10. The number of carbonyl (C=O) groups excluding carboxylic acids is 2. The van der Waals surface area contributed by atoms with Crippen LogP contribution in [0.2, 0.25) is 5.02 Å². The molecule has 0 unspecified atom stereocenters. The first-order chi connectivity index (χ1) is 21.2. The Labute approximate surface area is 262 Å². The fourth-order valence-corrected chi connectivity index (χ4v) is 5.78. The Morgan fingerprint density at radius 1 is 1.05 bits per heavy atom. The van der Waals surface area contributed by atoms with E-state index < -0.39 is 5.91 Å². The Morgan fingerprint density at radius 2 is 1.77 bits per heavy atom. The number of halogens is 1. The van der Waals surface area contributed by atoms with E-state index in [-0.39, 0.29) is 22.7 Å². The summed E-state index contributed by atoms with van der Waals surface area (Å²) >= 11 is 6.39. The number of aromatic nitrogens is 2. The molecule has 2 fully saturated rings. The van der Waals surface area contributed by atoms with Crippen molar-refractivity contribution in [3.63, 3.8) is 0 Å². The maximum Gasteiger partial charge on any atom is 0.250 e. The van der Waals surface area contributed by atoms with E-state index >= 15 is 0 Å². The molecule has 2 aromatic carbocycles. The van der Waals surface area contributed by atoms with Gasteiger partial charge < -0.3 is 36.2 Å². The Hall–Kier alpha value is -4.39. The topological polar surface area (TPSA) is 141 Å². The number of nitrogens with two attached hydrogens (primary N) is 1. The molecule has 0 spiro atoms. The van der Waals surface area contributed by atoms with Crippen molar-refractivity contribution in [3.05, 3.63) is 65.8 Å². The lowest BCUT2D eigenvalue weighted by atomic mass is 10.0. The van der Waals surface area contributed by atoms with E-state index in [1.54, 1.807) is 37.4 Å². The van der Waals surface area contributed by atoms with Crippen LogP contribution < -0.4 is 31.3 Å². The fraction of sp³-hybridized carbons (Fsp3) is 0.355. The van der Waals surface area contributed by atoms with Crippen LogP contribution in [0.15, 0.2) is 55.3 Å². The van der Waals surface area contributed by atoms with Crippen LogP contribution >= 0.6 is 11.6 Å². The zero-order valence-corrected chi connectivity index (χ0v) is 25.7. The van der Waals surface area contributed by atoms with Gasteiger partial charge in [-0.25, -0.2) is 4.98 Å². The molecule has 5 N–H and O–H groups in total. The van der Waals surface area contributed by atoms with Gasteiger partial charge in [0, 0.05) is 38.3 Å². The number of amides is 2. The lowest BCUT2D eigenvalue weighted by Crippen LogP contribution is -2.53. The summed E-state index contributed by atoms with van der Waals surface area (Å²) in [7, 11) is 3.76. The Balaban J connectivity index is 1.39. The lowest BCUT2D eigenvalue weighted by Gasteiger charge is -2.43. The molecule has 2 aliphatic heterocycles. The summed E-state index contributed by atoms with van der Waals surface area (Å²) in [6.07, 6.45) is 5.06. The third-order valence-corrected chi connectivity index (χ3v) is 8.33. The fourth-order valence-electron chi connectivity index (χ4n) is 5.64. The van der Waals surface area contributed by atoms with Crippen LogP contribution in [0.4, 0.5) is 34.5 Å². The summed E-state index contributed by atoms with van der Waals surface area (Å²) in [6, 6.07) is 11.1. The number of nitrogens with zero attached hydrogens (tertiary/aromatic N) is 5. The Morgan fingerprint density at radius 3 is 2.45 bits per heavy atom. The summed E-state index contributed by atoms with van der Waals surface area (Å²) in [5.74, 6) is 0.123. The van der Waals surface area contributed by atoms with Gasteiger partial charge in [-0.2, -0.15) is 4.98 Å². The normalized spacial score (nSPS) is 16.3. The second-order valence-corrected chi connectivity index (χ2v) is 11.3. The molecule has 0 radical (unpaired) electrons. The average molecular weight is 620 g/mol. The molecular weight excluding hydrogens is 582 g/mol. The van der Waals surface area contributed by atoms with Crippen LogP contribution in [0, 0.1) is 0 Å². The van der Waals surface area contributed by atoms with Crippen molar-refractivity contribution in [1.82, 2.24) is 19.8 Å². The van der Waals surface area contributed by atoms with Crippen molar-refractivity contribution in [3.8, 4) is 5.75 Å². The number of likely N-dealkylation sites (tertiary alicyclic amines) is 1. The zero-order chi connectivity index (χ0) is 31.2. The molecule has 1 aromatic heterocycles. The summed E-state index contributed by atoms with van der Waals surface area (Å²) in [6.45, 7) is 9.40. The third kappa shape index (κ3) is 7.21. The first-order valence-corrected chi connectivity index (χ1v) is 14.9. The number of anilines is 6. The molecule has 0 bridgehead atoms. The van der Waals surface area contributed by atoms with Gasteiger partial charge in [-0.1, -0.05) is 30.3 Å². The van der Waals surface area contributed by atoms with Crippen LogP contribution in [0.3, 0.4) is 0 Å². The number of nitrogens with one attached hydrogen (secondary N) is 3. The van der Waals surface area contributed by atoms with Crippen molar-refractivity contribution in [2.45, 2.75) is 18.9 Å². The molecule has 2 amide bonds. The number of carbonyl (C=O) groups is 2. The molecule has 12 nitrogen and oxygen atoms in total. The Bertz CT molecular complexity index is 1520. The maximum atomic E-state index is 12.5. The van der Waals surface area contributed by atoms with Gasteiger partial charge in [0.05, 0.1) is 41.6 Å². The van der Waals surface area contributed by atoms with E-state index in [1.165, 1.54) is 25.1 Å². The van der Waals surface area contributed by atoms with Gasteiger partial charge in [0.1, 0.15) is 10.8 Å². The zero-order valence-electron chi connectivity index (χ0n) is 25.0. The second kappa shape index (κ2) is 13.9. The van der Waals surface area contributed by atoms with Crippen molar-refractivity contribution >= 4 is 57.9 Å². The van der Waals surface area contributed by atoms with Gasteiger partial charge in [0.15, 0.2) is 5.82 Å². The monoisotopic (exact) mass is 619 g/mol. The molecule has 2 saturated heterocycles. The standard InChI is InChI=1S/C31H38ClN9O3/c1-4-28(42)35-24-17-25(37-31-34-19-22(32)30(38-31)36-23-8-6-5-7-21(23)29(33)43)27(44-3)18-26(24)41-15-13-40(14-16-41)20-9-11-39(2)12-10-20/h4-8,17-20H,1,9-16H2,2-3H3,(H2,33,43)(H,35,42)(H2,34,36,37,38). The maximum absolute atomic E-state index is 12.5. The minimum absolute atomic E-state index is 0.215. The average Bonchev–Trinajstić information content (AvgIpc) is 3.03. The molecular formula is C31H38ClN9O3. The van der Waals surface area contributed by atoms with Crippen LogP contribution in [-0.4, -0.2) is 91.0 Å². The number of para-hydroxylation sites is 1. The highest BCUT2D eigenvalue weighted by molar-refractivity contribution is 6.33. The molecule has 232 valence electrons. The number of hydrogen-bond acceptors (Lipinski definition) is 10. The van der Waals surface area contributed by atoms with Gasteiger partial charge >= 0.3 is 0 Å². The quantitative estimate of drug-likeness (QED) is 0.246.